The van der Waals surface area contributed by atoms with Crippen molar-refractivity contribution in [3.63, 3.8) is 0 Å². The van der Waals surface area contributed by atoms with Crippen molar-refractivity contribution < 1.29 is 18.7 Å². The maximum Gasteiger partial charge on any atom is 0.240 e. The highest BCUT2D eigenvalue weighted by Crippen LogP contribution is 2.33. The van der Waals surface area contributed by atoms with Gasteiger partial charge in [0.2, 0.25) is 23.5 Å². The third-order valence-corrected chi connectivity index (χ3v) is 8.67. The summed E-state index contributed by atoms with van der Waals surface area (Å²) in [6, 6.07) is 14.2. The summed E-state index contributed by atoms with van der Waals surface area (Å²) in [5, 5.41) is 14.0. The van der Waals surface area contributed by atoms with E-state index in [9.17, 15) is 9.59 Å². The van der Waals surface area contributed by atoms with Gasteiger partial charge in [0.25, 0.3) is 0 Å². The number of rotatable bonds is 14. The minimum absolute atomic E-state index is 0. The number of nitrogens with one attached hydrogen (secondary N) is 1. The summed E-state index contributed by atoms with van der Waals surface area (Å²) >= 11 is 0. The van der Waals surface area contributed by atoms with Crippen LogP contribution in [0.1, 0.15) is 37.7 Å². The zero-order valence-electron chi connectivity index (χ0n) is 27.2. The lowest BCUT2D eigenvalue weighted by Gasteiger charge is -2.35. The molecule has 1 aliphatic carbocycles. The van der Waals surface area contributed by atoms with Crippen molar-refractivity contribution in [1.82, 2.24) is 30.5 Å². The summed E-state index contributed by atoms with van der Waals surface area (Å²) in [6.07, 6.45) is 5.48. The summed E-state index contributed by atoms with van der Waals surface area (Å²) < 4.78 is 21.2. The molecule has 1 atom stereocenters. The molecule has 0 aliphatic heterocycles. The number of carbonyl (C=O) groups excluding carboxylic acids is 2. The van der Waals surface area contributed by atoms with Crippen LogP contribution in [0.15, 0.2) is 60.8 Å². The standard InChI is InChI=1S/C34H42FN9O3.ClH/c1-43(2)16-3-17-47-31-15-11-26(21-38-31)28-14-6-23(18-29(28)35)19-30(32(37)45)44(34(46)25-7-4-22(20-36)5-8-25)27-12-9-24(10-13-27)33-39-41-42-40-33;/h6,9-15,18,21-22,25,30H,3-5,7-8,16-17,19-20,36H2,1-2H3,(H2,37,45)(H,39,40,41,42);1H/t22-,25-,30-;/m0./s1. The van der Waals surface area contributed by atoms with Gasteiger partial charge in [0.15, 0.2) is 0 Å². The number of hydrogen-bond donors (Lipinski definition) is 3. The largest absolute Gasteiger partial charge is 0.478 e. The number of nitrogens with two attached hydrogens (primary N) is 2. The summed E-state index contributed by atoms with van der Waals surface area (Å²) in [6.45, 7) is 2.02. The number of hydrogen-bond acceptors (Lipinski definition) is 9. The van der Waals surface area contributed by atoms with E-state index in [1.165, 1.54) is 11.0 Å². The molecule has 2 heterocycles. The molecule has 14 heteroatoms. The first-order chi connectivity index (χ1) is 22.7. The fourth-order valence-corrected chi connectivity index (χ4v) is 6.00. The second kappa shape index (κ2) is 17.1. The Morgan fingerprint density at radius 2 is 1.77 bits per heavy atom. The number of primary amides is 1. The fraction of sp³-hybridized carbons (Fsp3) is 0.412. The highest BCUT2D eigenvalue weighted by Gasteiger charge is 2.36. The number of H-pyrrole nitrogens is 1. The average molecular weight is 680 g/mol. The molecular formula is C34H43ClFN9O3. The Labute approximate surface area is 285 Å². The number of nitrogens with zero attached hydrogens (tertiary/aromatic N) is 6. The van der Waals surface area contributed by atoms with Gasteiger partial charge in [0, 0.05) is 53.5 Å². The van der Waals surface area contributed by atoms with Crippen molar-refractivity contribution in [2.75, 3.05) is 38.7 Å². The molecule has 2 aromatic carbocycles. The molecule has 5 N–H and O–H groups in total. The van der Waals surface area contributed by atoms with Crippen LogP contribution < -0.4 is 21.1 Å². The van der Waals surface area contributed by atoms with E-state index in [1.54, 1.807) is 54.7 Å². The minimum Gasteiger partial charge on any atom is -0.478 e. The maximum atomic E-state index is 15.5. The zero-order valence-corrected chi connectivity index (χ0v) is 28.0. The molecule has 0 unspecified atom stereocenters. The number of halogens is 2. The number of amides is 2. The van der Waals surface area contributed by atoms with Crippen molar-refractivity contribution in [2.24, 2.45) is 23.3 Å². The van der Waals surface area contributed by atoms with Crippen molar-refractivity contribution >= 4 is 29.9 Å². The second-order valence-electron chi connectivity index (χ2n) is 12.3. The SMILES string of the molecule is CN(C)CCCOc1ccc(-c2ccc(C[C@@H](C(N)=O)N(c3ccc(-c4nn[nH]n4)cc3)C(=O)[C@H]3CC[C@H](CN)CC3)cc2F)cn1.Cl. The molecule has 2 aromatic heterocycles. The first-order valence-corrected chi connectivity index (χ1v) is 15.9. The molecule has 5 rings (SSSR count). The molecule has 1 aliphatic rings. The summed E-state index contributed by atoms with van der Waals surface area (Å²) in [5.74, 6) is -0.399. The van der Waals surface area contributed by atoms with E-state index in [0.717, 1.165) is 25.8 Å². The molecule has 4 aromatic rings. The number of aromatic nitrogens is 5. The van der Waals surface area contributed by atoms with Gasteiger partial charge in [-0.15, -0.1) is 22.6 Å². The third-order valence-electron chi connectivity index (χ3n) is 8.67. The van der Waals surface area contributed by atoms with E-state index in [4.69, 9.17) is 16.2 Å². The monoisotopic (exact) mass is 679 g/mol. The van der Waals surface area contributed by atoms with Gasteiger partial charge in [-0.1, -0.05) is 12.1 Å². The molecule has 0 saturated heterocycles. The van der Waals surface area contributed by atoms with E-state index in [0.29, 0.717) is 71.6 Å². The lowest BCUT2D eigenvalue weighted by molar-refractivity contribution is -0.127. The molecule has 1 fully saturated rings. The molecule has 256 valence electrons. The lowest BCUT2D eigenvalue weighted by Crippen LogP contribution is -2.52. The van der Waals surface area contributed by atoms with Gasteiger partial charge in [0.1, 0.15) is 11.9 Å². The van der Waals surface area contributed by atoms with Gasteiger partial charge in [-0.05, 0) is 106 Å². The third kappa shape index (κ3) is 9.12. The van der Waals surface area contributed by atoms with Gasteiger partial charge in [-0.25, -0.2) is 9.37 Å². The smallest absolute Gasteiger partial charge is 0.240 e. The number of tetrazole rings is 1. The van der Waals surface area contributed by atoms with Crippen LogP contribution in [0.2, 0.25) is 0 Å². The zero-order chi connectivity index (χ0) is 33.3. The average Bonchev–Trinajstić information content (AvgIpc) is 3.62. The van der Waals surface area contributed by atoms with Crippen LogP contribution in [-0.2, 0) is 16.0 Å². The number of ether oxygens (including phenoxy) is 1. The lowest BCUT2D eigenvalue weighted by atomic mass is 9.81. The Morgan fingerprint density at radius 1 is 1.04 bits per heavy atom. The van der Waals surface area contributed by atoms with Gasteiger partial charge >= 0.3 is 0 Å². The molecule has 0 radical (unpaired) electrons. The van der Waals surface area contributed by atoms with Crippen LogP contribution in [0.5, 0.6) is 5.88 Å². The Morgan fingerprint density at radius 3 is 2.35 bits per heavy atom. The number of pyridine rings is 1. The summed E-state index contributed by atoms with van der Waals surface area (Å²) in [4.78, 5) is 35.1. The quantitative estimate of drug-likeness (QED) is 0.167. The fourth-order valence-electron chi connectivity index (χ4n) is 6.00. The van der Waals surface area contributed by atoms with Crippen molar-refractivity contribution in [1.29, 1.82) is 0 Å². The van der Waals surface area contributed by atoms with Crippen molar-refractivity contribution in [3.05, 3.63) is 72.2 Å². The molecule has 2 amide bonds. The maximum absolute atomic E-state index is 15.5. The van der Waals surface area contributed by atoms with Crippen LogP contribution in [0.25, 0.3) is 22.5 Å². The van der Waals surface area contributed by atoms with Crippen LogP contribution in [0.3, 0.4) is 0 Å². The minimum atomic E-state index is -1.05. The van der Waals surface area contributed by atoms with E-state index in [-0.39, 0.29) is 30.7 Å². The summed E-state index contributed by atoms with van der Waals surface area (Å²) in [5.41, 5.74) is 14.5. The number of benzene rings is 2. The van der Waals surface area contributed by atoms with E-state index < -0.39 is 17.8 Å². The summed E-state index contributed by atoms with van der Waals surface area (Å²) in [7, 11) is 4.01. The second-order valence-corrected chi connectivity index (χ2v) is 12.3. The van der Waals surface area contributed by atoms with Crippen molar-refractivity contribution in [2.45, 2.75) is 44.6 Å². The van der Waals surface area contributed by atoms with E-state index >= 15 is 4.39 Å². The normalized spacial score (nSPS) is 16.6. The highest BCUT2D eigenvalue weighted by atomic mass is 35.5. The Bertz CT molecular complexity index is 1610. The Hall–Kier alpha value is -4.46. The molecule has 0 bridgehead atoms. The first-order valence-electron chi connectivity index (χ1n) is 15.9. The Kier molecular flexibility index (Phi) is 13.0. The van der Waals surface area contributed by atoms with Gasteiger partial charge in [0.05, 0.1) is 6.61 Å². The Balaban J connectivity index is 0.00000520. The molecule has 0 spiro atoms. The van der Waals surface area contributed by atoms with Gasteiger partial charge < -0.3 is 21.1 Å². The topological polar surface area (TPSA) is 169 Å². The van der Waals surface area contributed by atoms with Crippen LogP contribution in [-0.4, -0.2) is 82.2 Å². The molecular weight excluding hydrogens is 637 g/mol. The first kappa shape index (κ1) is 36.4. The van der Waals surface area contributed by atoms with Crippen LogP contribution in [0, 0.1) is 17.7 Å². The van der Waals surface area contributed by atoms with Gasteiger partial charge in [-0.2, -0.15) is 5.21 Å². The van der Waals surface area contributed by atoms with E-state index in [2.05, 4.69) is 30.5 Å². The predicted molar refractivity (Wildman–Crippen MR) is 184 cm³/mol. The number of aromatic amines is 1. The molecule has 12 nitrogen and oxygen atoms in total. The van der Waals surface area contributed by atoms with Crippen LogP contribution >= 0.6 is 12.4 Å². The highest BCUT2D eigenvalue weighted by molar-refractivity contribution is 6.01. The molecule has 48 heavy (non-hydrogen) atoms. The van der Waals surface area contributed by atoms with Crippen molar-refractivity contribution in [3.8, 4) is 28.4 Å². The number of carbonyl (C=O) groups is 2. The number of anilines is 1. The predicted octanol–water partition coefficient (Wildman–Crippen LogP) is 4.01. The van der Waals surface area contributed by atoms with Gasteiger partial charge in [-0.3, -0.25) is 14.5 Å². The van der Waals surface area contributed by atoms with E-state index in [1.807, 2.05) is 14.1 Å². The molecule has 1 saturated carbocycles. The van der Waals surface area contributed by atoms with Crippen LogP contribution in [0.4, 0.5) is 10.1 Å².